The molecule has 3 atom stereocenters. The van der Waals surface area contributed by atoms with Gasteiger partial charge in [-0.25, -0.2) is 19.4 Å². The summed E-state index contributed by atoms with van der Waals surface area (Å²) in [5.41, 5.74) is 8.22. The molecule has 2 saturated carbocycles. The van der Waals surface area contributed by atoms with Gasteiger partial charge >= 0.3 is 0 Å². The summed E-state index contributed by atoms with van der Waals surface area (Å²) in [6.45, 7) is 7.98. The molecule has 3 aliphatic rings. The molecule has 4 heterocycles. The summed E-state index contributed by atoms with van der Waals surface area (Å²) in [5.74, 6) is 3.54. The fourth-order valence-corrected chi connectivity index (χ4v) is 12.6. The van der Waals surface area contributed by atoms with Gasteiger partial charge in [0, 0.05) is 80.9 Å². The van der Waals surface area contributed by atoms with Gasteiger partial charge in [-0.2, -0.15) is 0 Å². The van der Waals surface area contributed by atoms with Crippen molar-refractivity contribution in [1.82, 2.24) is 40.0 Å². The highest BCUT2D eigenvalue weighted by Gasteiger charge is 2.51. The zero-order valence-electron chi connectivity index (χ0n) is 51.5. The van der Waals surface area contributed by atoms with Crippen LogP contribution in [0.4, 0.5) is 4.39 Å². The van der Waals surface area contributed by atoms with Gasteiger partial charge in [0.25, 0.3) is 11.8 Å². The number of aliphatic hydroxyl groups excluding tert-OH is 2. The molecule has 1 unspecified atom stereocenters. The van der Waals surface area contributed by atoms with Crippen LogP contribution in [0.1, 0.15) is 126 Å². The molecule has 0 radical (unpaired) electrons. The first-order valence-corrected chi connectivity index (χ1v) is 32.0. The standard InChI is InChI=1S/C70H79FN10O8S/c1-45-63(90-44-78-45)50-25-26-51(38-75-66(86)56-37-54(83)41-79(56)67(87)55(69(2,3)4)39-76-68(88)70(71)31-32-70)57(36-50)89-42-59(85)74-34-16-24-58(84)73-33-14-6-5-9-17-46-18-15-19-47(35-46)40-80-62(49-22-12-8-13-23-49)60(48-20-10-7-11-21-48)61-64(72)81(43-77-65(61)80)52-27-29-53(82)30-28-52/h7-8,10-13,15,18-23,25-26,35-36,39,43-44,52-56,72,82-83H,5-6,14,16,24,27-34,37-38,40-42H2,1-4H3,(H,73,84)(H,74,85)(H,75,86)/t52?,53?,54-,55?,56+/m1/s1. The number of nitrogens with one attached hydrogen (secondary N) is 4. The second-order valence-electron chi connectivity index (χ2n) is 24.9. The van der Waals surface area contributed by atoms with Gasteiger partial charge in [0.05, 0.1) is 51.6 Å². The highest BCUT2D eigenvalue weighted by molar-refractivity contribution is 7.13. The third kappa shape index (κ3) is 15.7. The van der Waals surface area contributed by atoms with Crippen LogP contribution in [-0.2, 0) is 37.1 Å². The smallest absolute Gasteiger partial charge is 0.282 e. The largest absolute Gasteiger partial charge is 0.483 e. The molecule has 4 aromatic carbocycles. The number of nitrogens with zero attached hydrogens (tertiary/aromatic N) is 6. The van der Waals surface area contributed by atoms with E-state index in [9.17, 15) is 44.0 Å². The predicted octanol–water partition coefficient (Wildman–Crippen LogP) is 9.56. The lowest BCUT2D eigenvalue weighted by Gasteiger charge is -2.32. The van der Waals surface area contributed by atoms with Crippen molar-refractivity contribution in [2.45, 2.75) is 148 Å². The number of fused-ring (bicyclic) bond motifs is 1. The first-order valence-electron chi connectivity index (χ1n) is 31.1. The van der Waals surface area contributed by atoms with Crippen molar-refractivity contribution in [1.29, 1.82) is 5.41 Å². The molecule has 6 N–H and O–H groups in total. The summed E-state index contributed by atoms with van der Waals surface area (Å²) < 4.78 is 24.7. The minimum absolute atomic E-state index is 0.0182. The maximum Gasteiger partial charge on any atom is 0.282 e. The second-order valence-corrected chi connectivity index (χ2v) is 25.7. The Morgan fingerprint density at radius 3 is 2.29 bits per heavy atom. The van der Waals surface area contributed by atoms with E-state index >= 15 is 0 Å². The average Bonchev–Trinajstić information content (AvgIpc) is 1.57. The normalized spacial score (nSPS) is 18.2. The van der Waals surface area contributed by atoms with Crippen LogP contribution in [0.25, 0.3) is 43.9 Å². The lowest BCUT2D eigenvalue weighted by atomic mass is 9.80. The number of unbranched alkanes of at least 4 members (excludes halogenated alkanes) is 2. The number of β-amino-alcohol motifs (C(OH)–C–C–N with tert-alkyl or cyclic N) is 1. The molecule has 0 spiro atoms. The Balaban J connectivity index is 0.688. The Morgan fingerprint density at radius 2 is 1.58 bits per heavy atom. The number of aryl methyl sites for hydroxylation is 1. The molecular weight excluding hydrogens is 1160 g/mol. The van der Waals surface area contributed by atoms with Crippen LogP contribution in [0.5, 0.6) is 5.75 Å². The zero-order chi connectivity index (χ0) is 63.5. The lowest BCUT2D eigenvalue weighted by molar-refractivity contribution is -0.142. The van der Waals surface area contributed by atoms with Crippen molar-refractivity contribution >= 4 is 58.1 Å². The number of aromatic nitrogens is 4. The lowest BCUT2D eigenvalue weighted by Crippen LogP contribution is -2.50. The van der Waals surface area contributed by atoms with E-state index in [4.69, 9.17) is 9.72 Å². The number of amides is 5. The van der Waals surface area contributed by atoms with Gasteiger partial charge in [-0.05, 0) is 111 Å². The summed E-state index contributed by atoms with van der Waals surface area (Å²) >= 11 is 1.45. The third-order valence-electron chi connectivity index (χ3n) is 17.0. The number of carbonyl (C=O) groups excluding carboxylic acids is 5. The van der Waals surface area contributed by atoms with Gasteiger partial charge in [0.15, 0.2) is 12.3 Å². The van der Waals surface area contributed by atoms with Crippen LogP contribution in [0.3, 0.4) is 0 Å². The molecule has 2 aliphatic carbocycles. The summed E-state index contributed by atoms with van der Waals surface area (Å²) in [4.78, 5) is 81.7. The maximum atomic E-state index is 14.4. The van der Waals surface area contributed by atoms with Gasteiger partial charge in [-0.1, -0.05) is 118 Å². The van der Waals surface area contributed by atoms with Gasteiger partial charge in [-0.15, -0.1) is 11.3 Å². The van der Waals surface area contributed by atoms with Gasteiger partial charge < -0.3 is 44.9 Å². The number of hydrogen-bond donors (Lipinski definition) is 6. The summed E-state index contributed by atoms with van der Waals surface area (Å²) in [7, 11) is 0. The van der Waals surface area contributed by atoms with E-state index in [0.29, 0.717) is 55.6 Å². The molecule has 0 bridgehead atoms. The quantitative estimate of drug-likeness (QED) is 0.0201. The van der Waals surface area contributed by atoms with Crippen molar-refractivity contribution in [3.05, 3.63) is 143 Å². The van der Waals surface area contributed by atoms with E-state index in [1.165, 1.54) is 22.5 Å². The number of halogens is 1. The van der Waals surface area contributed by atoms with E-state index in [0.717, 1.165) is 86.4 Å². The topological polar surface area (TPSA) is 246 Å². The van der Waals surface area contributed by atoms with Crippen LogP contribution in [0.2, 0.25) is 0 Å². The molecule has 3 fully saturated rings. The van der Waals surface area contributed by atoms with Crippen molar-refractivity contribution in [3.63, 3.8) is 0 Å². The summed E-state index contributed by atoms with van der Waals surface area (Å²) in [6.07, 6.45) is 7.64. The van der Waals surface area contributed by atoms with Crippen molar-refractivity contribution in [2.24, 2.45) is 16.3 Å². The number of likely N-dealkylation sites (tertiary alicyclic amines) is 1. The number of rotatable bonds is 23. The van der Waals surface area contributed by atoms with Gasteiger partial charge in [0.2, 0.25) is 17.7 Å². The molecule has 3 aromatic heterocycles. The van der Waals surface area contributed by atoms with Crippen LogP contribution in [-0.4, -0.2) is 120 Å². The highest BCUT2D eigenvalue weighted by Crippen LogP contribution is 2.42. The van der Waals surface area contributed by atoms with E-state index in [1.54, 1.807) is 38.4 Å². The minimum atomic E-state index is -1.99. The number of thiazole rings is 1. The number of ether oxygens (including phenoxy) is 1. The number of aliphatic imine (C=N–C) groups is 1. The Kier molecular flexibility index (Phi) is 20.7. The molecule has 7 aromatic rings. The highest BCUT2D eigenvalue weighted by atomic mass is 32.1. The Hall–Kier alpha value is -8.64. The number of hydrogen-bond acceptors (Lipinski definition) is 12. The number of carbonyl (C=O) groups is 5. The zero-order valence-corrected chi connectivity index (χ0v) is 52.3. The second kappa shape index (κ2) is 28.9. The number of aliphatic hydroxyl groups is 2. The van der Waals surface area contributed by atoms with Gasteiger partial charge in [-0.3, -0.25) is 29.4 Å². The van der Waals surface area contributed by atoms with Gasteiger partial charge in [0.1, 0.15) is 22.9 Å². The molecule has 18 nitrogen and oxygen atoms in total. The van der Waals surface area contributed by atoms with Crippen LogP contribution in [0, 0.1) is 35.5 Å². The molecule has 1 aliphatic heterocycles. The Bertz CT molecular complexity index is 3890. The molecule has 90 heavy (non-hydrogen) atoms. The van der Waals surface area contributed by atoms with Crippen LogP contribution < -0.4 is 26.2 Å². The Labute approximate surface area is 527 Å². The molecular formula is C70H79FN10O8S. The van der Waals surface area contributed by atoms with E-state index in [2.05, 4.69) is 78.7 Å². The van der Waals surface area contributed by atoms with Crippen molar-refractivity contribution in [2.75, 3.05) is 26.2 Å². The number of alkyl halides is 1. The van der Waals surface area contributed by atoms with Crippen LogP contribution in [0.15, 0.2) is 120 Å². The van der Waals surface area contributed by atoms with E-state index in [1.807, 2.05) is 72.4 Å². The van der Waals surface area contributed by atoms with Crippen molar-refractivity contribution in [3.8, 4) is 50.4 Å². The fourth-order valence-electron chi connectivity index (χ4n) is 11.8. The molecule has 10 rings (SSSR count). The molecule has 1 saturated heterocycles. The summed E-state index contributed by atoms with van der Waals surface area (Å²) in [5, 5.41) is 40.2. The maximum absolute atomic E-state index is 14.4. The molecule has 470 valence electrons. The summed E-state index contributed by atoms with van der Waals surface area (Å²) in [6, 6.07) is 33.2. The fraction of sp³-hybridized carbons (Fsp3) is 0.414. The predicted molar refractivity (Wildman–Crippen MR) is 345 cm³/mol. The first kappa shape index (κ1) is 64.3. The van der Waals surface area contributed by atoms with Crippen molar-refractivity contribution < 1.29 is 43.3 Å². The third-order valence-corrected chi connectivity index (χ3v) is 18.0. The van der Waals surface area contributed by atoms with E-state index in [-0.39, 0.29) is 70.0 Å². The van der Waals surface area contributed by atoms with E-state index < -0.39 is 52.8 Å². The molecule has 20 heteroatoms. The van der Waals surface area contributed by atoms with Crippen LogP contribution >= 0.6 is 11.3 Å². The molecule has 5 amide bonds. The first-order chi connectivity index (χ1) is 43.3. The SMILES string of the molecule is Cc1ncsc1-c1ccc(CNC(=O)[C@@H]2C[C@@H](O)CN2C(=O)C(C=NC(=O)C2(F)CC2)C(C)(C)C)c(OCC(=O)NCCCC(=O)NCCCCC#Cc2cccc(Cn3c(-c4ccccc4)c(-c4ccccc4)c4c(=N)n(C5CCC(O)CC5)cnc43)c2)c1. The average molecular weight is 1240 g/mol. The Morgan fingerprint density at radius 1 is 0.856 bits per heavy atom. The number of benzene rings is 4. The monoisotopic (exact) mass is 1240 g/mol. The minimum Gasteiger partial charge on any atom is -0.483 e.